The molecule has 6 nitrogen and oxygen atoms in total. The van der Waals surface area contributed by atoms with Crippen LogP contribution in [-0.2, 0) is 0 Å². The van der Waals surface area contributed by atoms with Gasteiger partial charge in [0.05, 0.1) is 6.20 Å². The van der Waals surface area contributed by atoms with E-state index in [1.165, 1.54) is 12.6 Å². The number of piperidine rings is 1. The number of carbonyl (C=O) groups is 1. The first kappa shape index (κ1) is 9.82. The number of aromatic amines is 1. The fourth-order valence-electron chi connectivity index (χ4n) is 1.60. The molecule has 82 valence electrons. The van der Waals surface area contributed by atoms with E-state index in [4.69, 9.17) is 10.5 Å². The summed E-state index contributed by atoms with van der Waals surface area (Å²) in [5.41, 5.74) is 5.50. The topological polar surface area (TPSA) is 84.2 Å². The van der Waals surface area contributed by atoms with Gasteiger partial charge >= 0.3 is 6.09 Å². The second-order valence-corrected chi connectivity index (χ2v) is 3.56. The number of rotatable bonds is 1. The molecule has 2 heterocycles. The van der Waals surface area contributed by atoms with Gasteiger partial charge in [0.15, 0.2) is 11.6 Å². The molecule has 0 unspecified atom stereocenters. The Morgan fingerprint density at radius 1 is 1.47 bits per heavy atom. The maximum absolute atomic E-state index is 11.6. The molecule has 1 aromatic heterocycles. The van der Waals surface area contributed by atoms with Gasteiger partial charge in [-0.15, -0.1) is 0 Å². The van der Waals surface area contributed by atoms with Gasteiger partial charge in [-0.2, -0.15) is 5.10 Å². The van der Waals surface area contributed by atoms with Gasteiger partial charge in [0.2, 0.25) is 0 Å². The van der Waals surface area contributed by atoms with Crippen molar-refractivity contribution in [3.05, 3.63) is 6.20 Å². The van der Waals surface area contributed by atoms with Crippen LogP contribution in [0.25, 0.3) is 0 Å². The van der Waals surface area contributed by atoms with Gasteiger partial charge in [0, 0.05) is 13.1 Å². The lowest BCUT2D eigenvalue weighted by atomic mass is 10.1. The minimum absolute atomic E-state index is 0.278. The van der Waals surface area contributed by atoms with E-state index in [0.717, 1.165) is 25.9 Å². The van der Waals surface area contributed by atoms with Crippen molar-refractivity contribution < 1.29 is 9.53 Å². The van der Waals surface area contributed by atoms with Crippen molar-refractivity contribution in [2.45, 2.75) is 19.3 Å². The highest BCUT2D eigenvalue weighted by molar-refractivity contribution is 5.72. The van der Waals surface area contributed by atoms with Gasteiger partial charge in [-0.25, -0.2) is 4.79 Å². The maximum atomic E-state index is 11.6. The monoisotopic (exact) mass is 210 g/mol. The van der Waals surface area contributed by atoms with Gasteiger partial charge in [-0.1, -0.05) is 0 Å². The Hall–Kier alpha value is -1.72. The summed E-state index contributed by atoms with van der Waals surface area (Å²) < 4.78 is 5.09. The molecule has 0 spiro atoms. The van der Waals surface area contributed by atoms with Crippen LogP contribution in [0, 0.1) is 0 Å². The van der Waals surface area contributed by atoms with Crippen molar-refractivity contribution in [1.82, 2.24) is 15.1 Å². The zero-order valence-corrected chi connectivity index (χ0v) is 8.40. The number of anilines is 1. The van der Waals surface area contributed by atoms with Crippen LogP contribution in [0.2, 0.25) is 0 Å². The third kappa shape index (κ3) is 2.20. The second kappa shape index (κ2) is 4.20. The van der Waals surface area contributed by atoms with Crippen molar-refractivity contribution in [3.63, 3.8) is 0 Å². The van der Waals surface area contributed by atoms with E-state index < -0.39 is 0 Å². The van der Waals surface area contributed by atoms with Crippen LogP contribution in [0.1, 0.15) is 19.3 Å². The van der Waals surface area contributed by atoms with Crippen molar-refractivity contribution in [3.8, 4) is 5.75 Å². The van der Waals surface area contributed by atoms with Gasteiger partial charge in [0.25, 0.3) is 0 Å². The average Bonchev–Trinajstić information content (AvgIpc) is 2.66. The van der Waals surface area contributed by atoms with Gasteiger partial charge < -0.3 is 15.4 Å². The summed E-state index contributed by atoms with van der Waals surface area (Å²) in [4.78, 5) is 13.3. The summed E-state index contributed by atoms with van der Waals surface area (Å²) in [5.74, 6) is 0.575. The molecule has 0 aromatic carbocycles. The van der Waals surface area contributed by atoms with E-state index in [-0.39, 0.29) is 11.9 Å². The highest BCUT2D eigenvalue weighted by atomic mass is 16.6. The number of amides is 1. The maximum Gasteiger partial charge on any atom is 0.415 e. The molecule has 2 rings (SSSR count). The Balaban J connectivity index is 1.94. The molecular formula is C9H14N4O2. The first-order valence-electron chi connectivity index (χ1n) is 5.03. The quantitative estimate of drug-likeness (QED) is 0.723. The fraction of sp³-hybridized carbons (Fsp3) is 0.556. The van der Waals surface area contributed by atoms with Crippen LogP contribution in [0.3, 0.4) is 0 Å². The standard InChI is InChI=1S/C9H14N4O2/c10-8-7(6-11-12-8)15-9(14)13-4-2-1-3-5-13/h6H,1-5H2,(H3,10,11,12). The summed E-state index contributed by atoms with van der Waals surface area (Å²) in [6, 6.07) is 0. The van der Waals surface area contributed by atoms with Gasteiger partial charge in [-0.05, 0) is 19.3 Å². The minimum atomic E-state index is -0.345. The Kier molecular flexibility index (Phi) is 2.75. The molecule has 0 bridgehead atoms. The lowest BCUT2D eigenvalue weighted by molar-refractivity contribution is 0.143. The number of ether oxygens (including phenoxy) is 1. The number of nitrogen functional groups attached to an aromatic ring is 1. The molecule has 15 heavy (non-hydrogen) atoms. The van der Waals surface area contributed by atoms with Crippen LogP contribution in [-0.4, -0.2) is 34.3 Å². The largest absolute Gasteiger partial charge is 0.415 e. The predicted octanol–water partition coefficient (Wildman–Crippen LogP) is 0.977. The molecule has 0 saturated carbocycles. The van der Waals surface area contributed by atoms with Gasteiger partial charge in [0.1, 0.15) is 0 Å². The number of likely N-dealkylation sites (tertiary alicyclic amines) is 1. The lowest BCUT2D eigenvalue weighted by Crippen LogP contribution is -2.37. The summed E-state index contributed by atoms with van der Waals surface area (Å²) in [5, 5.41) is 6.18. The van der Waals surface area contributed by atoms with E-state index in [1.54, 1.807) is 4.90 Å². The summed E-state index contributed by atoms with van der Waals surface area (Å²) in [7, 11) is 0. The number of H-pyrrole nitrogens is 1. The first-order chi connectivity index (χ1) is 7.27. The zero-order chi connectivity index (χ0) is 10.7. The zero-order valence-electron chi connectivity index (χ0n) is 8.40. The molecule has 1 aliphatic rings. The van der Waals surface area contributed by atoms with Crippen LogP contribution in [0.15, 0.2) is 6.20 Å². The second-order valence-electron chi connectivity index (χ2n) is 3.56. The number of carbonyl (C=O) groups excluding carboxylic acids is 1. The van der Waals surface area contributed by atoms with Crippen LogP contribution >= 0.6 is 0 Å². The van der Waals surface area contributed by atoms with Crippen molar-refractivity contribution in [2.24, 2.45) is 0 Å². The molecule has 1 saturated heterocycles. The Labute approximate surface area is 87.4 Å². The lowest BCUT2D eigenvalue weighted by Gasteiger charge is -2.25. The van der Waals surface area contributed by atoms with E-state index in [2.05, 4.69) is 10.2 Å². The Morgan fingerprint density at radius 3 is 2.80 bits per heavy atom. The molecule has 0 aliphatic carbocycles. The highest BCUT2D eigenvalue weighted by Crippen LogP contribution is 2.18. The number of hydrogen-bond donors (Lipinski definition) is 2. The first-order valence-corrected chi connectivity index (χ1v) is 5.03. The average molecular weight is 210 g/mol. The summed E-state index contributed by atoms with van der Waals surface area (Å²) >= 11 is 0. The number of nitrogens with one attached hydrogen (secondary N) is 1. The van der Waals surface area contributed by atoms with Crippen molar-refractivity contribution in [1.29, 1.82) is 0 Å². The number of hydrogen-bond acceptors (Lipinski definition) is 4. The number of nitrogens with zero attached hydrogens (tertiary/aromatic N) is 2. The SMILES string of the molecule is Nc1[nH]ncc1OC(=O)N1CCCCC1. The molecule has 0 radical (unpaired) electrons. The van der Waals surface area contributed by atoms with Crippen molar-refractivity contribution in [2.75, 3.05) is 18.8 Å². The molecule has 1 aliphatic heterocycles. The Bertz CT molecular complexity index is 344. The third-order valence-corrected chi connectivity index (χ3v) is 2.44. The molecule has 1 amide bonds. The van der Waals surface area contributed by atoms with Crippen LogP contribution in [0.4, 0.5) is 10.6 Å². The fourth-order valence-corrected chi connectivity index (χ4v) is 1.60. The molecule has 1 fully saturated rings. The third-order valence-electron chi connectivity index (χ3n) is 2.44. The molecular weight excluding hydrogens is 196 g/mol. The molecule has 6 heteroatoms. The summed E-state index contributed by atoms with van der Waals surface area (Å²) in [6.07, 6.45) is 4.31. The molecule has 1 aromatic rings. The molecule has 3 N–H and O–H groups in total. The van der Waals surface area contributed by atoms with E-state index in [0.29, 0.717) is 5.75 Å². The minimum Gasteiger partial charge on any atom is -0.405 e. The van der Waals surface area contributed by atoms with E-state index in [1.807, 2.05) is 0 Å². The predicted molar refractivity (Wildman–Crippen MR) is 54.4 cm³/mol. The Morgan fingerprint density at radius 2 is 2.20 bits per heavy atom. The number of nitrogens with two attached hydrogens (primary N) is 1. The normalized spacial score (nSPS) is 16.4. The molecule has 0 atom stereocenters. The van der Waals surface area contributed by atoms with Crippen LogP contribution < -0.4 is 10.5 Å². The van der Waals surface area contributed by atoms with Gasteiger partial charge in [-0.3, -0.25) is 5.10 Å². The summed E-state index contributed by atoms with van der Waals surface area (Å²) in [6.45, 7) is 1.52. The van der Waals surface area contributed by atoms with Crippen LogP contribution in [0.5, 0.6) is 5.75 Å². The highest BCUT2D eigenvalue weighted by Gasteiger charge is 2.19. The van der Waals surface area contributed by atoms with E-state index >= 15 is 0 Å². The number of aromatic nitrogens is 2. The smallest absolute Gasteiger partial charge is 0.405 e. The van der Waals surface area contributed by atoms with E-state index in [9.17, 15) is 4.79 Å². The van der Waals surface area contributed by atoms with Crippen molar-refractivity contribution >= 4 is 11.9 Å².